The topological polar surface area (TPSA) is 75.9 Å². The summed E-state index contributed by atoms with van der Waals surface area (Å²) in [5.74, 6) is -1.65. The molecule has 0 bridgehead atoms. The van der Waals surface area contributed by atoms with Crippen LogP contribution in [0.25, 0.3) is 0 Å². The molecule has 0 aromatic heterocycles. The molecule has 0 unspecified atom stereocenters. The molecule has 190 valence electrons. The molecule has 7 nitrogen and oxygen atoms in total. The Labute approximate surface area is 197 Å². The van der Waals surface area contributed by atoms with Gasteiger partial charge >= 0.3 is 11.9 Å². The van der Waals surface area contributed by atoms with Gasteiger partial charge < -0.3 is 14.6 Å². The number of carboxylic acids is 1. The summed E-state index contributed by atoms with van der Waals surface area (Å²) in [6.45, 7) is 17.5. The van der Waals surface area contributed by atoms with Gasteiger partial charge in [-0.25, -0.2) is 4.79 Å². The first-order valence-electron chi connectivity index (χ1n) is 12.7. The fourth-order valence-corrected chi connectivity index (χ4v) is 3.28. The lowest BCUT2D eigenvalue weighted by molar-refractivity contribution is -0.509. The van der Waals surface area contributed by atoms with Crippen molar-refractivity contribution in [1.29, 1.82) is 0 Å². The van der Waals surface area contributed by atoms with Gasteiger partial charge in [0.1, 0.15) is 0 Å². The predicted molar refractivity (Wildman–Crippen MR) is 131 cm³/mol. The molecule has 0 fully saturated rings. The Balaban J connectivity index is 0. The van der Waals surface area contributed by atoms with E-state index in [1.165, 1.54) is 103 Å². The maximum atomic E-state index is 9.63. The van der Waals surface area contributed by atoms with E-state index < -0.39 is 11.9 Å². The van der Waals surface area contributed by atoms with Crippen LogP contribution in [0.5, 0.6) is 0 Å². The van der Waals surface area contributed by atoms with Gasteiger partial charge in [-0.05, 0) is 32.1 Å². The summed E-state index contributed by atoms with van der Waals surface area (Å²) < 4.78 is 6.27. The molecule has 0 aliphatic heterocycles. The zero-order valence-corrected chi connectivity index (χ0v) is 22.1. The molecular formula is C25H51N3O4. The zero-order valence-electron chi connectivity index (χ0n) is 22.1. The van der Waals surface area contributed by atoms with Crippen LogP contribution in [0.2, 0.25) is 0 Å². The first-order chi connectivity index (χ1) is 15.3. The molecule has 0 heterocycles. The van der Waals surface area contributed by atoms with Crippen LogP contribution in [0.3, 0.4) is 0 Å². The third-order valence-electron chi connectivity index (χ3n) is 5.23. The van der Waals surface area contributed by atoms with Crippen molar-refractivity contribution in [3.05, 3.63) is 0 Å². The van der Waals surface area contributed by atoms with E-state index in [1.807, 2.05) is 0 Å². The van der Waals surface area contributed by atoms with Crippen molar-refractivity contribution >= 4 is 17.9 Å². The van der Waals surface area contributed by atoms with Crippen molar-refractivity contribution in [3.8, 4) is 0 Å². The molecular weight excluding hydrogens is 406 g/mol. The smallest absolute Gasteiger partial charge is 0.353 e. The molecule has 0 amide bonds. The fraction of sp³-hybridized carbons (Fsp3) is 0.880. The van der Waals surface area contributed by atoms with Crippen LogP contribution < -0.4 is 5.11 Å². The Hall–Kier alpha value is -1.79. The minimum absolute atomic E-state index is 0.970. The first-order valence-corrected chi connectivity index (χ1v) is 12.7. The molecule has 0 atom stereocenters. The van der Waals surface area contributed by atoms with Gasteiger partial charge in [0.15, 0.2) is 5.97 Å². The van der Waals surface area contributed by atoms with Gasteiger partial charge in [-0.15, -0.1) is 0 Å². The molecule has 0 spiro atoms. The number of aliphatic carboxylic acids is 1. The van der Waals surface area contributed by atoms with Crippen molar-refractivity contribution in [2.75, 3.05) is 46.9 Å². The minimum atomic E-state index is -1.82. The third kappa shape index (κ3) is 15.9. The molecule has 32 heavy (non-hydrogen) atoms. The van der Waals surface area contributed by atoms with Crippen LogP contribution in [-0.2, 0) is 14.3 Å². The average Bonchev–Trinajstić information content (AvgIpc) is 2.79. The Morgan fingerprint density at radius 2 is 1.06 bits per heavy atom. The van der Waals surface area contributed by atoms with Gasteiger partial charge in [0.25, 0.3) is 0 Å². The molecule has 0 rings (SSSR count). The number of carbonyl (C=O) groups excluding carboxylic acids is 2. The summed E-state index contributed by atoms with van der Waals surface area (Å²) in [6.07, 6.45) is 12.8. The molecule has 0 saturated carbocycles. The first kappa shape index (κ1) is 32.4. The van der Waals surface area contributed by atoms with Gasteiger partial charge in [-0.1, -0.05) is 66.7 Å². The second-order valence-corrected chi connectivity index (χ2v) is 8.24. The normalized spacial score (nSPS) is 10.1. The zero-order chi connectivity index (χ0) is 24.8. The number of nitrogens with zero attached hydrogens (tertiary/aromatic N) is 3. The Morgan fingerprint density at radius 3 is 1.28 bits per heavy atom. The van der Waals surface area contributed by atoms with E-state index in [9.17, 15) is 14.7 Å². The number of esters is 1. The number of ether oxygens (including phenoxy) is 1. The van der Waals surface area contributed by atoms with Crippen LogP contribution in [0, 0.1) is 0 Å². The van der Waals surface area contributed by atoms with E-state index in [2.05, 4.69) is 60.8 Å². The molecule has 0 aliphatic carbocycles. The number of hydrogen-bond donors (Lipinski definition) is 0. The van der Waals surface area contributed by atoms with Crippen molar-refractivity contribution in [2.45, 2.75) is 98.8 Å². The fourth-order valence-electron chi connectivity index (χ4n) is 3.28. The molecule has 7 heteroatoms. The Morgan fingerprint density at radius 1 is 0.719 bits per heavy atom. The number of rotatable bonds is 15. The number of guanidine groups is 1. The summed E-state index contributed by atoms with van der Waals surface area (Å²) in [5.41, 5.74) is 0. The van der Waals surface area contributed by atoms with Crippen molar-refractivity contribution < 1.29 is 24.0 Å². The van der Waals surface area contributed by atoms with E-state index in [0.29, 0.717) is 0 Å². The second-order valence-electron chi connectivity index (χ2n) is 8.24. The van der Waals surface area contributed by atoms with Crippen molar-refractivity contribution in [1.82, 2.24) is 9.80 Å². The van der Waals surface area contributed by atoms with Crippen molar-refractivity contribution in [3.63, 3.8) is 0 Å². The van der Waals surface area contributed by atoms with Crippen LogP contribution in [0.15, 0.2) is 0 Å². The Bertz CT molecular complexity index is 471. The molecule has 0 saturated heterocycles. The lowest BCUT2D eigenvalue weighted by Crippen LogP contribution is -2.50. The van der Waals surface area contributed by atoms with Gasteiger partial charge in [-0.2, -0.15) is 0 Å². The summed E-state index contributed by atoms with van der Waals surface area (Å²) in [6, 6.07) is 0. The Kier molecular flexibility index (Phi) is 22.7. The second kappa shape index (κ2) is 22.4. The van der Waals surface area contributed by atoms with Gasteiger partial charge in [0.05, 0.1) is 46.9 Å². The number of carbonyl (C=O) groups is 2. The van der Waals surface area contributed by atoms with Crippen molar-refractivity contribution in [2.24, 2.45) is 0 Å². The van der Waals surface area contributed by atoms with Gasteiger partial charge in [0, 0.05) is 0 Å². The average molecular weight is 458 g/mol. The quantitative estimate of drug-likeness (QED) is 0.123. The molecule has 0 N–H and O–H groups in total. The number of unbranched alkanes of at least 4 members (excludes halogenated alkanes) is 5. The largest absolute Gasteiger partial charge is 0.539 e. The highest BCUT2D eigenvalue weighted by molar-refractivity contribution is 6.27. The van der Waals surface area contributed by atoms with E-state index in [1.54, 1.807) is 0 Å². The maximum Gasteiger partial charge on any atom is 0.353 e. The maximum absolute atomic E-state index is 9.63. The van der Waals surface area contributed by atoms with Gasteiger partial charge in [0.2, 0.25) is 0 Å². The third-order valence-corrected chi connectivity index (χ3v) is 5.23. The molecule has 0 aromatic rings. The van der Waals surface area contributed by atoms with Crippen LogP contribution in [0.4, 0.5) is 0 Å². The molecule has 0 radical (unpaired) electrons. The number of hydrogen-bond acceptors (Lipinski definition) is 4. The lowest BCUT2D eigenvalue weighted by atomic mass is 10.2. The predicted octanol–water partition coefficient (Wildman–Crippen LogP) is 3.50. The number of carboxylic acid groups (broad SMARTS) is 1. The highest BCUT2D eigenvalue weighted by Crippen LogP contribution is 2.09. The van der Waals surface area contributed by atoms with E-state index in [4.69, 9.17) is 0 Å². The SMILES string of the molecule is CCCCN(CCCC)C(N(CCCC)CCCC)=[N+](C)CCCC.COC(=O)C(=O)[O-]. The van der Waals surface area contributed by atoms with E-state index >= 15 is 0 Å². The summed E-state index contributed by atoms with van der Waals surface area (Å²) >= 11 is 0. The summed E-state index contributed by atoms with van der Waals surface area (Å²) in [5, 5.41) is 9.34. The summed E-state index contributed by atoms with van der Waals surface area (Å²) in [7, 11) is 3.29. The minimum Gasteiger partial charge on any atom is -0.539 e. The highest BCUT2D eigenvalue weighted by atomic mass is 16.5. The van der Waals surface area contributed by atoms with Crippen LogP contribution >= 0.6 is 0 Å². The summed E-state index contributed by atoms with van der Waals surface area (Å²) in [4.78, 5) is 24.4. The molecule has 0 aromatic carbocycles. The lowest BCUT2D eigenvalue weighted by Gasteiger charge is -2.30. The van der Waals surface area contributed by atoms with Crippen LogP contribution in [0.1, 0.15) is 98.8 Å². The van der Waals surface area contributed by atoms with Crippen LogP contribution in [-0.4, -0.2) is 79.2 Å². The standard InChI is InChI=1S/C22H48N3.C3H4O4/c1-7-12-17-23(6)22(24(18-13-8-2)19-14-9-3)25(20-15-10-4)21-16-11-5;1-7-3(6)2(4)5/h7-21H2,1-6H3;1H3,(H,4,5)/q+1;/p-1. The monoisotopic (exact) mass is 457 g/mol. The van der Waals surface area contributed by atoms with E-state index in [-0.39, 0.29) is 0 Å². The van der Waals surface area contributed by atoms with Gasteiger partial charge in [-0.3, -0.25) is 14.4 Å². The molecule has 0 aliphatic rings. The van der Waals surface area contributed by atoms with E-state index in [0.717, 1.165) is 7.11 Å². The highest BCUT2D eigenvalue weighted by Gasteiger charge is 2.27. The number of methoxy groups -OCH3 is 1.